The van der Waals surface area contributed by atoms with E-state index in [-0.39, 0.29) is 5.69 Å². The van der Waals surface area contributed by atoms with E-state index in [9.17, 15) is 9.90 Å². The van der Waals surface area contributed by atoms with Gasteiger partial charge in [-0.2, -0.15) is 5.10 Å². The van der Waals surface area contributed by atoms with E-state index >= 15 is 0 Å². The Labute approximate surface area is 145 Å². The molecule has 0 aliphatic heterocycles. The average Bonchev–Trinajstić information content (AvgIpc) is 3.11. The number of hydrogen-bond donors (Lipinski definition) is 1. The van der Waals surface area contributed by atoms with Crippen molar-refractivity contribution in [1.29, 1.82) is 0 Å². The first-order valence-corrected chi connectivity index (χ1v) is 8.05. The summed E-state index contributed by atoms with van der Waals surface area (Å²) in [5, 5.41) is 14.3. The Morgan fingerprint density at radius 2 is 2.00 bits per heavy atom. The van der Waals surface area contributed by atoms with Gasteiger partial charge in [-0.05, 0) is 58.7 Å². The summed E-state index contributed by atoms with van der Waals surface area (Å²) in [6.07, 6.45) is 0.517. The molecule has 0 aliphatic carbocycles. The molecule has 0 saturated heterocycles. The minimum Gasteiger partial charge on any atom is -0.476 e. The second-order valence-electron chi connectivity index (χ2n) is 4.83. The molecule has 5 nitrogen and oxygen atoms in total. The first-order valence-electron chi connectivity index (χ1n) is 6.88. The van der Waals surface area contributed by atoms with Crippen molar-refractivity contribution in [2.24, 2.45) is 0 Å². The van der Waals surface area contributed by atoms with Gasteiger partial charge in [0.05, 0.1) is 5.69 Å². The van der Waals surface area contributed by atoms with Gasteiger partial charge in [-0.1, -0.05) is 18.5 Å². The monoisotopic (exact) mass is 394 g/mol. The minimum absolute atomic E-state index is 0.0185. The van der Waals surface area contributed by atoms with E-state index in [1.807, 2.05) is 6.92 Å². The molecule has 0 spiro atoms. The van der Waals surface area contributed by atoms with Crippen LogP contribution in [-0.4, -0.2) is 20.9 Å². The van der Waals surface area contributed by atoms with Gasteiger partial charge in [0.1, 0.15) is 5.69 Å². The highest BCUT2D eigenvalue weighted by Gasteiger charge is 2.25. The Balaban J connectivity index is 2.29. The molecular weight excluding hydrogens is 384 g/mol. The molecule has 0 fully saturated rings. The standard InChI is InChI=1S/C16H12BrClN2O3/c1-2-11-14(16(21)22)19-20(10-5-3-9(18)4-6-10)15(11)12-7-8-13(17)23-12/h3-8H,2H2,1H3,(H,21,22). The van der Waals surface area contributed by atoms with Crippen molar-refractivity contribution in [2.75, 3.05) is 0 Å². The quantitative estimate of drug-likeness (QED) is 0.688. The maximum absolute atomic E-state index is 11.5. The minimum atomic E-state index is -1.07. The van der Waals surface area contributed by atoms with Crippen LogP contribution in [0.15, 0.2) is 45.5 Å². The highest BCUT2D eigenvalue weighted by atomic mass is 79.9. The zero-order valence-electron chi connectivity index (χ0n) is 12.1. The Kier molecular flexibility index (Phi) is 4.28. The van der Waals surface area contributed by atoms with Crippen LogP contribution >= 0.6 is 27.5 Å². The molecule has 0 saturated carbocycles. The molecular formula is C16H12BrClN2O3. The normalized spacial score (nSPS) is 10.9. The third-order valence-electron chi connectivity index (χ3n) is 3.42. The van der Waals surface area contributed by atoms with E-state index in [2.05, 4.69) is 21.0 Å². The number of carbonyl (C=O) groups is 1. The predicted octanol–water partition coefficient (Wildman–Crippen LogP) is 4.81. The van der Waals surface area contributed by atoms with E-state index in [0.29, 0.717) is 38.8 Å². The molecule has 23 heavy (non-hydrogen) atoms. The van der Waals surface area contributed by atoms with Gasteiger partial charge in [0, 0.05) is 10.6 Å². The third kappa shape index (κ3) is 2.92. The summed E-state index contributed by atoms with van der Waals surface area (Å²) in [4.78, 5) is 11.5. The topological polar surface area (TPSA) is 68.3 Å². The van der Waals surface area contributed by atoms with Gasteiger partial charge in [0.25, 0.3) is 0 Å². The highest BCUT2D eigenvalue weighted by molar-refractivity contribution is 9.10. The van der Waals surface area contributed by atoms with Crippen LogP contribution in [0.5, 0.6) is 0 Å². The van der Waals surface area contributed by atoms with E-state index in [0.717, 1.165) is 0 Å². The van der Waals surface area contributed by atoms with Crippen LogP contribution in [0.25, 0.3) is 17.1 Å². The van der Waals surface area contributed by atoms with Gasteiger partial charge in [0.2, 0.25) is 0 Å². The molecule has 0 radical (unpaired) electrons. The summed E-state index contributed by atoms with van der Waals surface area (Å²) in [5.74, 6) is -0.523. The van der Waals surface area contributed by atoms with Crippen molar-refractivity contribution in [3.8, 4) is 17.1 Å². The summed E-state index contributed by atoms with van der Waals surface area (Å²) < 4.78 is 7.77. The molecule has 2 aromatic heterocycles. The van der Waals surface area contributed by atoms with E-state index in [1.165, 1.54) is 0 Å². The number of rotatable bonds is 4. The van der Waals surface area contributed by atoms with Gasteiger partial charge in [0.15, 0.2) is 16.1 Å². The maximum Gasteiger partial charge on any atom is 0.356 e. The van der Waals surface area contributed by atoms with Crippen LogP contribution in [0.4, 0.5) is 0 Å². The molecule has 118 valence electrons. The summed E-state index contributed by atoms with van der Waals surface area (Å²) in [6.45, 7) is 1.89. The van der Waals surface area contributed by atoms with Gasteiger partial charge >= 0.3 is 5.97 Å². The fourth-order valence-corrected chi connectivity index (χ4v) is 2.85. The zero-order chi connectivity index (χ0) is 16.6. The summed E-state index contributed by atoms with van der Waals surface area (Å²) in [5.41, 5.74) is 1.97. The van der Waals surface area contributed by atoms with Crippen LogP contribution in [0.2, 0.25) is 5.02 Å². The number of furan rings is 1. The molecule has 1 aromatic carbocycles. The van der Waals surface area contributed by atoms with E-state index in [4.69, 9.17) is 16.0 Å². The molecule has 7 heteroatoms. The lowest BCUT2D eigenvalue weighted by Crippen LogP contribution is -2.02. The summed E-state index contributed by atoms with van der Waals surface area (Å²) in [6, 6.07) is 10.6. The number of aromatic carboxylic acids is 1. The number of benzene rings is 1. The van der Waals surface area contributed by atoms with Crippen molar-refractivity contribution in [2.45, 2.75) is 13.3 Å². The lowest BCUT2D eigenvalue weighted by atomic mass is 10.1. The third-order valence-corrected chi connectivity index (χ3v) is 4.10. The van der Waals surface area contributed by atoms with Crippen LogP contribution in [0, 0.1) is 0 Å². The summed E-state index contributed by atoms with van der Waals surface area (Å²) >= 11 is 9.20. The zero-order valence-corrected chi connectivity index (χ0v) is 14.4. The van der Waals surface area contributed by atoms with Crippen molar-refractivity contribution in [3.05, 3.63) is 57.3 Å². The van der Waals surface area contributed by atoms with Crippen LogP contribution < -0.4 is 0 Å². The number of carboxylic acids is 1. The predicted molar refractivity (Wildman–Crippen MR) is 90.3 cm³/mol. The van der Waals surface area contributed by atoms with E-state index < -0.39 is 5.97 Å². The van der Waals surface area contributed by atoms with E-state index in [1.54, 1.807) is 41.1 Å². The Morgan fingerprint density at radius 1 is 1.30 bits per heavy atom. The van der Waals surface area contributed by atoms with Gasteiger partial charge in [-0.25, -0.2) is 9.48 Å². The smallest absolute Gasteiger partial charge is 0.356 e. The van der Waals surface area contributed by atoms with Gasteiger partial charge in [-0.3, -0.25) is 0 Å². The first kappa shape index (κ1) is 15.8. The molecule has 0 aliphatic rings. The van der Waals surface area contributed by atoms with Gasteiger partial charge < -0.3 is 9.52 Å². The van der Waals surface area contributed by atoms with Crippen molar-refractivity contribution in [1.82, 2.24) is 9.78 Å². The second kappa shape index (κ2) is 6.22. The summed E-state index contributed by atoms with van der Waals surface area (Å²) in [7, 11) is 0. The van der Waals surface area contributed by atoms with Crippen LogP contribution in [0.1, 0.15) is 23.0 Å². The molecule has 0 amide bonds. The van der Waals surface area contributed by atoms with Crippen molar-refractivity contribution in [3.63, 3.8) is 0 Å². The molecule has 1 N–H and O–H groups in total. The molecule has 3 aromatic rings. The van der Waals surface area contributed by atoms with Crippen molar-refractivity contribution >= 4 is 33.5 Å². The molecule has 3 rings (SSSR count). The largest absolute Gasteiger partial charge is 0.476 e. The Morgan fingerprint density at radius 3 is 2.52 bits per heavy atom. The Hall–Kier alpha value is -2.05. The lowest BCUT2D eigenvalue weighted by Gasteiger charge is -2.07. The number of halogens is 2. The fraction of sp³-hybridized carbons (Fsp3) is 0.125. The average molecular weight is 396 g/mol. The van der Waals surface area contributed by atoms with Crippen LogP contribution in [0.3, 0.4) is 0 Å². The lowest BCUT2D eigenvalue weighted by molar-refractivity contribution is 0.0689. The van der Waals surface area contributed by atoms with Gasteiger partial charge in [-0.15, -0.1) is 0 Å². The molecule has 0 bridgehead atoms. The number of aromatic nitrogens is 2. The number of carboxylic acid groups (broad SMARTS) is 1. The highest BCUT2D eigenvalue weighted by Crippen LogP contribution is 2.32. The Bertz CT molecular complexity index is 868. The molecule has 0 atom stereocenters. The fourth-order valence-electron chi connectivity index (χ4n) is 2.42. The van der Waals surface area contributed by atoms with Crippen molar-refractivity contribution < 1.29 is 14.3 Å². The first-order chi connectivity index (χ1) is 11.0. The molecule has 2 heterocycles. The molecule has 0 unspecified atom stereocenters. The maximum atomic E-state index is 11.5. The number of nitrogens with zero attached hydrogens (tertiary/aromatic N) is 2. The second-order valence-corrected chi connectivity index (χ2v) is 6.04. The number of hydrogen-bond acceptors (Lipinski definition) is 3. The SMILES string of the molecule is CCc1c(C(=O)O)nn(-c2ccc(Cl)cc2)c1-c1ccc(Br)o1. The van der Waals surface area contributed by atoms with Crippen LogP contribution in [-0.2, 0) is 6.42 Å².